The first-order chi connectivity index (χ1) is 7.35. The molecule has 0 aromatic rings. The molecule has 0 saturated carbocycles. The van der Waals surface area contributed by atoms with Gasteiger partial charge >= 0.3 is 9.53 Å². The minimum atomic E-state index is -1.73. The topological polar surface area (TPSA) is 27.7 Å². The van der Waals surface area contributed by atoms with Gasteiger partial charge in [-0.1, -0.05) is 12.2 Å². The van der Waals surface area contributed by atoms with Crippen molar-refractivity contribution in [1.82, 2.24) is 0 Å². The van der Waals surface area contributed by atoms with Crippen molar-refractivity contribution in [1.29, 1.82) is 0 Å². The van der Waals surface area contributed by atoms with Gasteiger partial charge in [0, 0.05) is 19.8 Å². The Morgan fingerprint density at radius 2 is 1.27 bits per heavy atom. The normalized spacial score (nSPS) is 14.1. The fourth-order valence-electron chi connectivity index (χ4n) is 1.14. The monoisotopic (exact) mass is 232 g/mol. The van der Waals surface area contributed by atoms with Crippen LogP contribution in [0, 0.1) is 0 Å². The lowest BCUT2D eigenvalue weighted by atomic mass is 10.4. The number of rotatable bonds is 6. The van der Waals surface area contributed by atoms with Gasteiger partial charge in [0.15, 0.2) is 0 Å². The van der Waals surface area contributed by atoms with Crippen LogP contribution in [0.3, 0.4) is 0 Å². The molecule has 1 rings (SSSR count). The molecule has 15 heavy (non-hydrogen) atoms. The van der Waals surface area contributed by atoms with E-state index >= 15 is 0 Å². The summed E-state index contributed by atoms with van der Waals surface area (Å²) in [6.07, 6.45) is 8.50. The minimum Gasteiger partial charge on any atom is -0.376 e. The van der Waals surface area contributed by atoms with E-state index in [0.29, 0.717) is 19.8 Å². The van der Waals surface area contributed by atoms with Crippen LogP contribution in [0.2, 0.25) is 0 Å². The molecule has 1 aliphatic rings. The molecule has 0 amide bonds. The maximum absolute atomic E-state index is 5.22. The molecule has 4 heteroatoms. The van der Waals surface area contributed by atoms with Gasteiger partial charge in [-0.2, -0.15) is 0 Å². The maximum atomic E-state index is 5.22. The minimum absolute atomic E-state index is 0.677. The molecular weight excluding hydrogens is 208 g/mol. The Morgan fingerprint density at radius 3 is 1.47 bits per heavy atom. The Bertz CT molecular complexity index is 131. The largest absolute Gasteiger partial charge is 0.484 e. The van der Waals surface area contributed by atoms with Crippen molar-refractivity contribution in [2.24, 2.45) is 0 Å². The van der Waals surface area contributed by atoms with Crippen molar-refractivity contribution in [2.45, 2.75) is 40.0 Å². The smallest absolute Gasteiger partial charge is 0.376 e. The van der Waals surface area contributed by atoms with E-state index in [4.69, 9.17) is 13.3 Å². The average molecular weight is 232 g/mol. The van der Waals surface area contributed by atoms with Crippen LogP contribution >= 0.6 is 0 Å². The molecule has 1 aliphatic carbocycles. The predicted octanol–water partition coefficient (Wildman–Crippen LogP) is 2.54. The van der Waals surface area contributed by atoms with E-state index in [9.17, 15) is 0 Å². The highest BCUT2D eigenvalue weighted by atomic mass is 28.3. The second-order valence-corrected chi connectivity index (χ2v) is 4.63. The summed E-state index contributed by atoms with van der Waals surface area (Å²) in [6, 6.07) is 0. The van der Waals surface area contributed by atoms with Crippen LogP contribution in [0.4, 0.5) is 0 Å². The van der Waals surface area contributed by atoms with Crippen LogP contribution < -0.4 is 0 Å². The molecule has 0 aliphatic heterocycles. The quantitative estimate of drug-likeness (QED) is 0.520. The highest BCUT2D eigenvalue weighted by molar-refractivity contribution is 6.36. The molecule has 0 N–H and O–H groups in total. The van der Waals surface area contributed by atoms with Crippen molar-refractivity contribution in [3.63, 3.8) is 0 Å². The molecule has 0 spiro atoms. The Balaban J connectivity index is 0.000000322. The van der Waals surface area contributed by atoms with Gasteiger partial charge in [-0.15, -0.1) is 0 Å². The number of allylic oxidation sites excluding steroid dienone is 2. The summed E-state index contributed by atoms with van der Waals surface area (Å²) in [6.45, 7) is 7.86. The lowest BCUT2D eigenvalue weighted by Gasteiger charge is -2.12. The highest BCUT2D eigenvalue weighted by Gasteiger charge is 2.11. The Kier molecular flexibility index (Phi) is 11.8. The third kappa shape index (κ3) is 10.1. The molecule has 0 bridgehead atoms. The average Bonchev–Trinajstić information content (AvgIpc) is 2.77. The van der Waals surface area contributed by atoms with E-state index in [1.807, 2.05) is 20.8 Å². The first-order valence-corrected chi connectivity index (χ1v) is 7.26. The molecule has 0 radical (unpaired) electrons. The lowest BCUT2D eigenvalue weighted by molar-refractivity contribution is 0.107. The summed E-state index contributed by atoms with van der Waals surface area (Å²) in [5, 5.41) is 0. The van der Waals surface area contributed by atoms with E-state index in [2.05, 4.69) is 12.2 Å². The van der Waals surface area contributed by atoms with E-state index in [1.165, 1.54) is 19.3 Å². The standard InChI is InChI=1S/C6H16O3Si.C5H8/c1-4-7-10(8-5-2)9-6-3;1-2-4-5-3-1/h10H,4-6H2,1-3H3;1-2H,3-5H2. The number of hydrogen-bond donors (Lipinski definition) is 0. The Hall–Kier alpha value is -0.163. The zero-order chi connectivity index (χ0) is 11.4. The second kappa shape index (κ2) is 11.9. The second-order valence-electron chi connectivity index (χ2n) is 3.06. The van der Waals surface area contributed by atoms with Crippen LogP contribution in [0.15, 0.2) is 12.2 Å². The molecule has 0 fully saturated rings. The van der Waals surface area contributed by atoms with Crippen LogP contribution in [-0.4, -0.2) is 29.3 Å². The molecule has 3 nitrogen and oxygen atoms in total. The highest BCUT2D eigenvalue weighted by Crippen LogP contribution is 2.05. The summed E-state index contributed by atoms with van der Waals surface area (Å²) in [4.78, 5) is 0. The molecule has 0 aromatic heterocycles. The van der Waals surface area contributed by atoms with Gasteiger partial charge in [0.1, 0.15) is 0 Å². The summed E-state index contributed by atoms with van der Waals surface area (Å²) < 4.78 is 15.7. The summed E-state index contributed by atoms with van der Waals surface area (Å²) in [5.41, 5.74) is 0. The fraction of sp³-hybridized carbons (Fsp3) is 0.818. The van der Waals surface area contributed by atoms with Gasteiger partial charge in [0.05, 0.1) is 0 Å². The molecule has 0 atom stereocenters. The fourth-order valence-corrected chi connectivity index (χ4v) is 2.25. The summed E-state index contributed by atoms with van der Waals surface area (Å²) in [7, 11) is -1.73. The molecule has 0 aromatic carbocycles. The maximum Gasteiger partial charge on any atom is 0.484 e. The van der Waals surface area contributed by atoms with Crippen molar-refractivity contribution >= 4 is 9.53 Å². The van der Waals surface area contributed by atoms with E-state index in [0.717, 1.165) is 0 Å². The summed E-state index contributed by atoms with van der Waals surface area (Å²) in [5.74, 6) is 0. The lowest BCUT2D eigenvalue weighted by Crippen LogP contribution is -2.27. The molecule has 0 unspecified atom stereocenters. The van der Waals surface area contributed by atoms with Gasteiger partial charge < -0.3 is 13.3 Å². The zero-order valence-electron chi connectivity index (χ0n) is 10.2. The molecule has 0 heterocycles. The van der Waals surface area contributed by atoms with Crippen LogP contribution in [0.25, 0.3) is 0 Å². The van der Waals surface area contributed by atoms with Gasteiger partial charge in [-0.3, -0.25) is 0 Å². The van der Waals surface area contributed by atoms with E-state index in [1.54, 1.807) is 0 Å². The molecule has 90 valence electrons. The van der Waals surface area contributed by atoms with Gasteiger partial charge in [-0.25, -0.2) is 0 Å². The van der Waals surface area contributed by atoms with Gasteiger partial charge in [0.2, 0.25) is 0 Å². The van der Waals surface area contributed by atoms with E-state index < -0.39 is 9.53 Å². The third-order valence-electron chi connectivity index (χ3n) is 1.82. The van der Waals surface area contributed by atoms with E-state index in [-0.39, 0.29) is 0 Å². The van der Waals surface area contributed by atoms with Crippen LogP contribution in [-0.2, 0) is 13.3 Å². The first-order valence-electron chi connectivity index (χ1n) is 5.84. The third-order valence-corrected chi connectivity index (χ3v) is 3.63. The van der Waals surface area contributed by atoms with Crippen molar-refractivity contribution in [2.75, 3.05) is 19.8 Å². The first kappa shape index (κ1) is 14.8. The molecular formula is C11H24O3Si. The van der Waals surface area contributed by atoms with Crippen molar-refractivity contribution < 1.29 is 13.3 Å². The van der Waals surface area contributed by atoms with Crippen molar-refractivity contribution in [3.05, 3.63) is 12.2 Å². The number of hydrogen-bond acceptors (Lipinski definition) is 3. The van der Waals surface area contributed by atoms with Gasteiger partial charge in [-0.05, 0) is 40.0 Å². The van der Waals surface area contributed by atoms with Crippen LogP contribution in [0.1, 0.15) is 40.0 Å². The molecule has 0 saturated heterocycles. The Labute approximate surface area is 95.4 Å². The SMILES string of the molecule is C1=CCCC1.CCO[SiH](OCC)OCC. The van der Waals surface area contributed by atoms with Crippen molar-refractivity contribution in [3.8, 4) is 0 Å². The van der Waals surface area contributed by atoms with Crippen LogP contribution in [0.5, 0.6) is 0 Å². The van der Waals surface area contributed by atoms with Gasteiger partial charge in [0.25, 0.3) is 0 Å². The summed E-state index contributed by atoms with van der Waals surface area (Å²) >= 11 is 0. The zero-order valence-corrected chi connectivity index (χ0v) is 11.4. The predicted molar refractivity (Wildman–Crippen MR) is 65.0 cm³/mol. The Morgan fingerprint density at radius 1 is 0.867 bits per heavy atom.